The molecule has 1 aliphatic carbocycles. The van der Waals surface area contributed by atoms with Crippen LogP contribution in [-0.2, 0) is 0 Å². The predicted octanol–water partition coefficient (Wildman–Crippen LogP) is 11.1. The van der Waals surface area contributed by atoms with Gasteiger partial charge in [0.1, 0.15) is 0 Å². The number of hydrogen-bond donors (Lipinski definition) is 0. The molecule has 11 rings (SSSR count). The molecular formula is C44H26N4. The molecule has 4 heteroatoms. The first kappa shape index (κ1) is 25.6. The fourth-order valence-corrected chi connectivity index (χ4v) is 8.02. The maximum atomic E-state index is 5.26. The highest BCUT2D eigenvalue weighted by Crippen LogP contribution is 2.46. The van der Waals surface area contributed by atoms with Crippen molar-refractivity contribution in [2.75, 3.05) is 0 Å². The molecule has 0 unspecified atom stereocenters. The predicted molar refractivity (Wildman–Crippen MR) is 198 cm³/mol. The van der Waals surface area contributed by atoms with Crippen LogP contribution in [0.15, 0.2) is 158 Å². The lowest BCUT2D eigenvalue weighted by Crippen LogP contribution is -2.02. The molecule has 3 aromatic heterocycles. The number of hydrogen-bond acceptors (Lipinski definition) is 2. The molecule has 0 fully saturated rings. The third kappa shape index (κ3) is 3.43. The highest BCUT2D eigenvalue weighted by Gasteiger charge is 2.25. The van der Waals surface area contributed by atoms with Crippen molar-refractivity contribution in [1.82, 2.24) is 19.1 Å². The van der Waals surface area contributed by atoms with Crippen LogP contribution in [0.25, 0.3) is 99.5 Å². The van der Waals surface area contributed by atoms with Crippen molar-refractivity contribution in [1.29, 1.82) is 0 Å². The fraction of sp³-hybridized carbons (Fsp3) is 0. The Balaban J connectivity index is 1.10. The Bertz CT molecular complexity index is 2940. The normalized spacial score (nSPS) is 12.2. The molecule has 0 bridgehead atoms. The molecule has 0 N–H and O–H groups in total. The summed E-state index contributed by atoms with van der Waals surface area (Å²) in [6, 6.07) is 54.5. The number of benzene rings is 7. The summed E-state index contributed by atoms with van der Waals surface area (Å²) in [6.45, 7) is 0. The number of fused-ring (bicyclic) bond motifs is 9. The van der Waals surface area contributed by atoms with E-state index in [1.165, 1.54) is 71.3 Å². The first-order valence-electron chi connectivity index (χ1n) is 16.3. The summed E-state index contributed by atoms with van der Waals surface area (Å²) in [5.41, 5.74) is 12.6. The second-order valence-electron chi connectivity index (χ2n) is 12.6. The molecule has 7 aromatic carbocycles. The molecule has 4 nitrogen and oxygen atoms in total. The molecule has 222 valence electrons. The van der Waals surface area contributed by atoms with Gasteiger partial charge in [0.05, 0.1) is 27.8 Å². The lowest BCUT2D eigenvalue weighted by atomic mass is 10.0. The summed E-state index contributed by atoms with van der Waals surface area (Å²) in [5.74, 6) is 0.688. The van der Waals surface area contributed by atoms with Crippen LogP contribution in [0.1, 0.15) is 0 Å². The summed E-state index contributed by atoms with van der Waals surface area (Å²) >= 11 is 0. The van der Waals surface area contributed by atoms with Crippen LogP contribution in [-0.4, -0.2) is 19.1 Å². The molecule has 0 amide bonds. The smallest absolute Gasteiger partial charge is 0.235 e. The molecule has 0 saturated carbocycles. The van der Waals surface area contributed by atoms with Gasteiger partial charge in [-0.05, 0) is 76.0 Å². The number of para-hydroxylation sites is 3. The zero-order valence-corrected chi connectivity index (χ0v) is 25.8. The summed E-state index contributed by atoms with van der Waals surface area (Å²) in [4.78, 5) is 10.2. The minimum atomic E-state index is 0.688. The third-order valence-electron chi connectivity index (χ3n) is 10.1. The fourth-order valence-electron chi connectivity index (χ4n) is 8.02. The van der Waals surface area contributed by atoms with E-state index in [2.05, 4.69) is 161 Å². The molecule has 0 atom stereocenters. The minimum absolute atomic E-state index is 0.688. The SMILES string of the molecule is c1ccc(-n2c3ccccc3c3cc(-c4ccc5c(c4)c4ccccc4n5-c4ncc5c(n4)-c4cccc6cccc-5c46)ccc32)cc1. The Morgan fingerprint density at radius 3 is 1.71 bits per heavy atom. The first-order chi connectivity index (χ1) is 23.8. The Kier molecular flexibility index (Phi) is 5.08. The Morgan fingerprint density at radius 1 is 0.417 bits per heavy atom. The largest absolute Gasteiger partial charge is 0.309 e. The van der Waals surface area contributed by atoms with Gasteiger partial charge in [-0.25, -0.2) is 9.97 Å². The second kappa shape index (κ2) is 9.50. The van der Waals surface area contributed by atoms with Gasteiger partial charge in [-0.2, -0.15) is 0 Å². The highest BCUT2D eigenvalue weighted by molar-refractivity contribution is 6.15. The molecule has 48 heavy (non-hydrogen) atoms. The summed E-state index contributed by atoms with van der Waals surface area (Å²) in [5, 5.41) is 7.36. The number of nitrogens with zero attached hydrogens (tertiary/aromatic N) is 4. The van der Waals surface area contributed by atoms with Crippen LogP contribution < -0.4 is 0 Å². The zero-order valence-electron chi connectivity index (χ0n) is 25.8. The third-order valence-corrected chi connectivity index (χ3v) is 10.1. The van der Waals surface area contributed by atoms with Gasteiger partial charge in [-0.1, -0.05) is 103 Å². The van der Waals surface area contributed by atoms with Crippen molar-refractivity contribution in [3.8, 4) is 45.1 Å². The van der Waals surface area contributed by atoms with Crippen molar-refractivity contribution in [3.63, 3.8) is 0 Å². The molecular weight excluding hydrogens is 585 g/mol. The van der Waals surface area contributed by atoms with Crippen LogP contribution in [0, 0.1) is 0 Å². The maximum Gasteiger partial charge on any atom is 0.235 e. The first-order valence-corrected chi connectivity index (χ1v) is 16.3. The molecule has 10 aromatic rings. The van der Waals surface area contributed by atoms with E-state index in [9.17, 15) is 0 Å². The van der Waals surface area contributed by atoms with Gasteiger partial charge in [0.25, 0.3) is 0 Å². The van der Waals surface area contributed by atoms with Gasteiger partial charge in [-0.3, -0.25) is 4.57 Å². The van der Waals surface area contributed by atoms with E-state index < -0.39 is 0 Å². The molecule has 0 aliphatic heterocycles. The van der Waals surface area contributed by atoms with Gasteiger partial charge < -0.3 is 4.57 Å². The monoisotopic (exact) mass is 610 g/mol. The van der Waals surface area contributed by atoms with E-state index in [0.717, 1.165) is 22.3 Å². The van der Waals surface area contributed by atoms with Crippen LogP contribution in [0.4, 0.5) is 0 Å². The number of rotatable bonds is 3. The van der Waals surface area contributed by atoms with Crippen LogP contribution >= 0.6 is 0 Å². The van der Waals surface area contributed by atoms with Gasteiger partial charge >= 0.3 is 0 Å². The number of aromatic nitrogens is 4. The highest BCUT2D eigenvalue weighted by atomic mass is 15.2. The van der Waals surface area contributed by atoms with Crippen LogP contribution in [0.2, 0.25) is 0 Å². The van der Waals surface area contributed by atoms with Crippen LogP contribution in [0.3, 0.4) is 0 Å². The van der Waals surface area contributed by atoms with E-state index >= 15 is 0 Å². The van der Waals surface area contributed by atoms with Crippen molar-refractivity contribution in [2.45, 2.75) is 0 Å². The average Bonchev–Trinajstić information content (AvgIpc) is 3.78. The van der Waals surface area contributed by atoms with Gasteiger partial charge in [-0.15, -0.1) is 0 Å². The van der Waals surface area contributed by atoms with E-state index in [1.54, 1.807) is 0 Å². The summed E-state index contributed by atoms with van der Waals surface area (Å²) in [6.07, 6.45) is 2.00. The van der Waals surface area contributed by atoms with Gasteiger partial charge in [0.15, 0.2) is 0 Å². The van der Waals surface area contributed by atoms with Crippen molar-refractivity contribution in [2.24, 2.45) is 0 Å². The molecule has 0 radical (unpaired) electrons. The molecule has 0 spiro atoms. The van der Waals surface area contributed by atoms with Crippen molar-refractivity contribution >= 4 is 54.4 Å². The van der Waals surface area contributed by atoms with E-state index in [-0.39, 0.29) is 0 Å². The topological polar surface area (TPSA) is 35.6 Å². The quantitative estimate of drug-likeness (QED) is 0.199. The minimum Gasteiger partial charge on any atom is -0.309 e. The van der Waals surface area contributed by atoms with Gasteiger partial charge in [0, 0.05) is 44.6 Å². The summed E-state index contributed by atoms with van der Waals surface area (Å²) in [7, 11) is 0. The summed E-state index contributed by atoms with van der Waals surface area (Å²) < 4.78 is 4.58. The van der Waals surface area contributed by atoms with Crippen LogP contribution in [0.5, 0.6) is 0 Å². The van der Waals surface area contributed by atoms with Crippen molar-refractivity contribution < 1.29 is 0 Å². The lowest BCUT2D eigenvalue weighted by Gasteiger charge is -2.09. The van der Waals surface area contributed by atoms with Crippen molar-refractivity contribution in [3.05, 3.63) is 158 Å². The average molecular weight is 611 g/mol. The molecule has 1 aliphatic rings. The van der Waals surface area contributed by atoms with E-state index in [1.807, 2.05) is 6.20 Å². The maximum absolute atomic E-state index is 5.26. The molecule has 3 heterocycles. The van der Waals surface area contributed by atoms with Gasteiger partial charge in [0.2, 0.25) is 5.95 Å². The molecule has 0 saturated heterocycles. The zero-order chi connectivity index (χ0) is 31.3. The van der Waals surface area contributed by atoms with E-state index in [4.69, 9.17) is 9.97 Å². The standard InChI is InChI=1S/C44H26N4/c1-2-12-30(13-3-1)47-38-18-6-4-14-31(38)35-24-28(20-22-40(35)47)29-21-23-41-36(25-29)32-15-5-7-19-39(32)48(41)44-45-26-37-33-16-8-10-27-11-9-17-34(42(27)33)43(37)46-44/h1-26H. The lowest BCUT2D eigenvalue weighted by molar-refractivity contribution is 0.996. The Morgan fingerprint density at radius 2 is 1.00 bits per heavy atom. The Hall–Kier alpha value is -6.52. The second-order valence-corrected chi connectivity index (χ2v) is 12.6. The van der Waals surface area contributed by atoms with E-state index in [0.29, 0.717) is 5.95 Å². The Labute approximate surface area is 275 Å².